The first-order chi connectivity index (χ1) is 16.4. The zero-order valence-electron chi connectivity index (χ0n) is 19.6. The molecule has 11 heteroatoms. The van der Waals surface area contributed by atoms with Crippen molar-refractivity contribution >= 4 is 6.72 Å². The van der Waals surface area contributed by atoms with Crippen LogP contribution < -0.4 is 0 Å². The van der Waals surface area contributed by atoms with Gasteiger partial charge < -0.3 is 9.42 Å². The maximum absolute atomic E-state index is 5.63. The summed E-state index contributed by atoms with van der Waals surface area (Å²) in [5.74, 6) is 0.927. The first-order valence-corrected chi connectivity index (χ1v) is 10.6. The number of hydrogen-bond donors (Lipinski definition) is 0. The first-order valence-electron chi connectivity index (χ1n) is 10.6. The van der Waals surface area contributed by atoms with E-state index in [1.807, 2.05) is 69.0 Å². The van der Waals surface area contributed by atoms with Crippen molar-refractivity contribution < 1.29 is 4.52 Å². The number of aryl methyl sites for hydroxylation is 1. The second-order valence-corrected chi connectivity index (χ2v) is 7.89. The Balaban J connectivity index is 1.55. The van der Waals surface area contributed by atoms with Crippen molar-refractivity contribution in [2.24, 2.45) is 12.0 Å². The number of benzene rings is 1. The Bertz CT molecular complexity index is 1330. The maximum atomic E-state index is 5.63. The predicted molar refractivity (Wildman–Crippen MR) is 127 cm³/mol. The summed E-state index contributed by atoms with van der Waals surface area (Å²) >= 11 is 0. The summed E-state index contributed by atoms with van der Waals surface area (Å²) in [5, 5.41) is 19.9. The fraction of sp³-hybridized carbons (Fsp3) is 0.261. The molecule has 0 aliphatic carbocycles. The Labute approximate surface area is 197 Å². The minimum atomic E-state index is 0.422. The van der Waals surface area contributed by atoms with E-state index >= 15 is 0 Å². The molecule has 0 saturated carbocycles. The summed E-state index contributed by atoms with van der Waals surface area (Å²) in [5.41, 5.74) is 5.55. The van der Waals surface area contributed by atoms with Gasteiger partial charge in [-0.2, -0.15) is 10.1 Å². The summed E-state index contributed by atoms with van der Waals surface area (Å²) in [6, 6.07) is 7.88. The molecule has 0 amide bonds. The summed E-state index contributed by atoms with van der Waals surface area (Å²) in [6.45, 7) is 8.65. The lowest BCUT2D eigenvalue weighted by Gasteiger charge is -2.20. The van der Waals surface area contributed by atoms with Crippen LogP contribution in [0.1, 0.15) is 25.1 Å². The lowest BCUT2D eigenvalue weighted by Crippen LogP contribution is -2.18. The van der Waals surface area contributed by atoms with Crippen molar-refractivity contribution in [2.45, 2.75) is 26.9 Å². The van der Waals surface area contributed by atoms with Crippen molar-refractivity contribution in [2.75, 3.05) is 7.05 Å². The normalized spacial score (nSPS) is 12.2. The number of aliphatic imine (C=N–C) groups is 1. The summed E-state index contributed by atoms with van der Waals surface area (Å²) in [4.78, 5) is 10.7. The molecule has 0 aliphatic heterocycles. The van der Waals surface area contributed by atoms with Crippen LogP contribution in [0.5, 0.6) is 0 Å². The molecule has 0 bridgehead atoms. The molecule has 0 saturated heterocycles. The Morgan fingerprint density at radius 2 is 2.12 bits per heavy atom. The van der Waals surface area contributed by atoms with Crippen LogP contribution in [0.2, 0.25) is 0 Å². The topological polar surface area (TPSA) is 116 Å². The van der Waals surface area contributed by atoms with Gasteiger partial charge in [-0.25, -0.2) is 4.68 Å². The highest BCUT2D eigenvalue weighted by Crippen LogP contribution is 2.26. The van der Waals surface area contributed by atoms with Gasteiger partial charge in [0.2, 0.25) is 5.82 Å². The van der Waals surface area contributed by atoms with Gasteiger partial charge in [0.15, 0.2) is 0 Å². The zero-order valence-corrected chi connectivity index (χ0v) is 19.6. The minimum Gasteiger partial charge on any atom is -0.372 e. The van der Waals surface area contributed by atoms with E-state index in [2.05, 4.69) is 47.4 Å². The summed E-state index contributed by atoms with van der Waals surface area (Å²) in [7, 11) is 3.92. The average molecular weight is 459 g/mol. The molecule has 0 fully saturated rings. The van der Waals surface area contributed by atoms with Crippen LogP contribution in [0.3, 0.4) is 0 Å². The molecular formula is C23H26N10O. The van der Waals surface area contributed by atoms with E-state index in [4.69, 9.17) is 4.52 Å². The van der Waals surface area contributed by atoms with Gasteiger partial charge in [-0.15, -0.1) is 5.10 Å². The van der Waals surface area contributed by atoms with E-state index in [1.54, 1.807) is 17.2 Å². The Morgan fingerprint density at radius 3 is 2.88 bits per heavy atom. The molecule has 4 aromatic rings. The smallest absolute Gasteiger partial charge is 0.261 e. The lowest BCUT2D eigenvalue weighted by molar-refractivity contribution is 0.395. The molecule has 3 aromatic heterocycles. The molecule has 0 spiro atoms. The monoisotopic (exact) mass is 458 g/mol. The number of rotatable bonds is 9. The fourth-order valence-electron chi connectivity index (χ4n) is 3.30. The third-order valence-corrected chi connectivity index (χ3v) is 5.44. The lowest BCUT2D eigenvalue weighted by atomic mass is 10.1. The van der Waals surface area contributed by atoms with Gasteiger partial charge in [-0.3, -0.25) is 9.67 Å². The maximum Gasteiger partial charge on any atom is 0.261 e. The number of tetrazole rings is 1. The van der Waals surface area contributed by atoms with E-state index in [-0.39, 0.29) is 0 Å². The molecule has 0 atom stereocenters. The van der Waals surface area contributed by atoms with Gasteiger partial charge in [0.1, 0.15) is 6.33 Å². The Hall–Kier alpha value is -4.41. The first kappa shape index (κ1) is 22.8. The molecule has 0 radical (unpaired) electrons. The molecule has 0 N–H and O–H groups in total. The van der Waals surface area contributed by atoms with E-state index in [9.17, 15) is 0 Å². The van der Waals surface area contributed by atoms with Crippen LogP contribution >= 0.6 is 0 Å². The number of hydrogen-bond acceptors (Lipinski definition) is 9. The molecule has 174 valence electrons. The summed E-state index contributed by atoms with van der Waals surface area (Å²) < 4.78 is 9.10. The van der Waals surface area contributed by atoms with Crippen molar-refractivity contribution in [1.82, 2.24) is 45.0 Å². The van der Waals surface area contributed by atoms with Crippen LogP contribution in [-0.4, -0.2) is 58.8 Å². The van der Waals surface area contributed by atoms with Gasteiger partial charge >= 0.3 is 0 Å². The highest BCUT2D eigenvalue weighted by Gasteiger charge is 2.19. The fourth-order valence-corrected chi connectivity index (χ4v) is 3.30. The van der Waals surface area contributed by atoms with Gasteiger partial charge in [0, 0.05) is 31.1 Å². The third kappa shape index (κ3) is 5.14. The second kappa shape index (κ2) is 10.0. The molecule has 1 aromatic carbocycles. The molecule has 34 heavy (non-hydrogen) atoms. The van der Waals surface area contributed by atoms with Gasteiger partial charge in [-0.1, -0.05) is 23.4 Å². The van der Waals surface area contributed by atoms with Crippen molar-refractivity contribution in [3.8, 4) is 22.8 Å². The average Bonchev–Trinajstić information content (AvgIpc) is 3.60. The van der Waals surface area contributed by atoms with Crippen LogP contribution in [0.25, 0.3) is 22.8 Å². The Morgan fingerprint density at radius 1 is 1.26 bits per heavy atom. The molecule has 3 heterocycles. The van der Waals surface area contributed by atoms with Crippen LogP contribution in [-0.2, 0) is 20.1 Å². The largest absolute Gasteiger partial charge is 0.372 e. The SMILES string of the molecule is C=N/C(C)=C\C=C(/C)N(C)Cc1c(-c2nc(-c3cccc(Cn4cnnn4)c3)no2)cnn1C. The quantitative estimate of drug-likeness (QED) is 0.277. The molecule has 0 aliphatic rings. The zero-order chi connectivity index (χ0) is 24.1. The van der Waals surface area contributed by atoms with Crippen molar-refractivity contribution in [1.29, 1.82) is 0 Å². The summed E-state index contributed by atoms with van der Waals surface area (Å²) in [6.07, 6.45) is 7.26. The third-order valence-electron chi connectivity index (χ3n) is 5.44. The Kier molecular flexibility index (Phi) is 6.72. The number of nitrogens with zero attached hydrogens (tertiary/aromatic N) is 10. The number of aromatic nitrogens is 8. The number of allylic oxidation sites excluding steroid dienone is 4. The molecule has 4 rings (SSSR count). The molecule has 0 unspecified atom stereocenters. The van der Waals surface area contributed by atoms with E-state index in [0.717, 1.165) is 33.8 Å². The highest BCUT2D eigenvalue weighted by molar-refractivity contribution is 5.61. The van der Waals surface area contributed by atoms with Gasteiger partial charge in [-0.05, 0) is 54.8 Å². The second-order valence-electron chi connectivity index (χ2n) is 7.89. The molecular weight excluding hydrogens is 432 g/mol. The van der Waals surface area contributed by atoms with Crippen molar-refractivity contribution in [3.05, 3.63) is 71.6 Å². The van der Waals surface area contributed by atoms with Gasteiger partial charge in [0.25, 0.3) is 5.89 Å². The van der Waals surface area contributed by atoms with E-state index < -0.39 is 0 Å². The van der Waals surface area contributed by atoms with Gasteiger partial charge in [0.05, 0.1) is 30.5 Å². The van der Waals surface area contributed by atoms with E-state index in [0.29, 0.717) is 24.8 Å². The minimum absolute atomic E-state index is 0.422. The predicted octanol–water partition coefficient (Wildman–Crippen LogP) is 3.11. The van der Waals surface area contributed by atoms with Crippen molar-refractivity contribution in [3.63, 3.8) is 0 Å². The molecule has 11 nitrogen and oxygen atoms in total. The van der Waals surface area contributed by atoms with Crippen LogP contribution in [0.15, 0.2) is 69.9 Å². The van der Waals surface area contributed by atoms with E-state index in [1.165, 1.54) is 0 Å². The van der Waals surface area contributed by atoms with Crippen LogP contribution in [0.4, 0.5) is 0 Å². The highest BCUT2D eigenvalue weighted by atomic mass is 16.5. The van der Waals surface area contributed by atoms with Crippen LogP contribution in [0, 0.1) is 0 Å². The standard InChI is InChI=1S/C23H26N10O/c1-16(24-3)9-10-17(2)31(4)14-21-20(12-26-32(21)5)23-27-22(28-34-23)19-8-6-7-18(11-19)13-33-15-25-29-30-33/h6-12,15H,3,13-14H2,1-2,4-5H3/b16-9-,17-10+.